The lowest BCUT2D eigenvalue weighted by Gasteiger charge is -2.12. The van der Waals surface area contributed by atoms with Crippen molar-refractivity contribution in [3.8, 4) is 11.3 Å². The molecule has 1 aromatic heterocycles. The third-order valence-corrected chi connectivity index (χ3v) is 6.81. The fourth-order valence-corrected chi connectivity index (χ4v) is 5.08. The zero-order valence-electron chi connectivity index (χ0n) is 14.0. The highest BCUT2D eigenvalue weighted by atomic mass is 79.9. The lowest BCUT2D eigenvalue weighted by Crippen LogP contribution is -2.14. The molecule has 4 rings (SSSR count). The Morgan fingerprint density at radius 3 is 2.22 bits per heavy atom. The van der Waals surface area contributed by atoms with Gasteiger partial charge in [-0.3, -0.25) is 4.79 Å². The molecule has 0 atom stereocenters. The van der Waals surface area contributed by atoms with E-state index in [0.717, 1.165) is 16.1 Å². The number of fused-ring (bicyclic) bond motifs is 1. The van der Waals surface area contributed by atoms with Crippen LogP contribution in [0.3, 0.4) is 0 Å². The highest BCUT2D eigenvalue weighted by Gasteiger charge is 2.24. The van der Waals surface area contributed by atoms with Crippen LogP contribution in [0.1, 0.15) is 10.4 Å². The topological polar surface area (TPSA) is 56.1 Å². The van der Waals surface area contributed by atoms with Crippen LogP contribution in [0.5, 0.6) is 0 Å². The highest BCUT2D eigenvalue weighted by molar-refractivity contribution is 9.10. The van der Waals surface area contributed by atoms with Gasteiger partial charge in [-0.2, -0.15) is 0 Å². The Morgan fingerprint density at radius 2 is 1.56 bits per heavy atom. The molecule has 0 unspecified atom stereocenters. The maximum Gasteiger partial charge on any atom is 0.268 e. The Hall–Kier alpha value is -2.70. The number of hydrogen-bond acceptors (Lipinski definition) is 3. The van der Waals surface area contributed by atoms with Crippen molar-refractivity contribution in [2.45, 2.75) is 4.90 Å². The van der Waals surface area contributed by atoms with Crippen LogP contribution < -0.4 is 0 Å². The summed E-state index contributed by atoms with van der Waals surface area (Å²) in [6, 6.07) is 22.5. The van der Waals surface area contributed by atoms with Gasteiger partial charge in [0, 0.05) is 15.4 Å². The third kappa shape index (κ3) is 3.01. The van der Waals surface area contributed by atoms with E-state index in [1.807, 2.05) is 18.2 Å². The SMILES string of the molecule is O=Cc1ccc(-c2cc3c(Br)cccc3n2S(=O)(=O)c2ccccc2)cc1. The quantitative estimate of drug-likeness (QED) is 0.414. The normalized spacial score (nSPS) is 11.6. The second kappa shape index (κ2) is 6.79. The smallest absolute Gasteiger partial charge is 0.268 e. The first kappa shape index (κ1) is 17.7. The Labute approximate surface area is 165 Å². The number of benzene rings is 3. The standard InChI is InChI=1S/C21H14BrNO3S/c22-19-7-4-8-20-18(19)13-21(16-11-9-15(14-24)10-12-16)23(20)27(25,26)17-5-2-1-3-6-17/h1-14H. The molecule has 0 aliphatic heterocycles. The molecule has 0 radical (unpaired) electrons. The maximum absolute atomic E-state index is 13.4. The second-order valence-electron chi connectivity index (χ2n) is 6.02. The van der Waals surface area contributed by atoms with E-state index in [0.29, 0.717) is 22.3 Å². The summed E-state index contributed by atoms with van der Waals surface area (Å²) in [5.41, 5.74) is 2.37. The molecule has 0 aliphatic carbocycles. The highest BCUT2D eigenvalue weighted by Crippen LogP contribution is 2.35. The first-order chi connectivity index (χ1) is 13.0. The van der Waals surface area contributed by atoms with Gasteiger partial charge in [0.05, 0.1) is 16.1 Å². The van der Waals surface area contributed by atoms with Gasteiger partial charge in [-0.05, 0) is 35.9 Å². The molecule has 4 nitrogen and oxygen atoms in total. The van der Waals surface area contributed by atoms with E-state index >= 15 is 0 Å². The van der Waals surface area contributed by atoms with Crippen molar-refractivity contribution in [2.24, 2.45) is 0 Å². The van der Waals surface area contributed by atoms with Crippen LogP contribution in [0.25, 0.3) is 22.2 Å². The molecule has 0 saturated heterocycles. The molecular weight excluding hydrogens is 426 g/mol. The van der Waals surface area contributed by atoms with Gasteiger partial charge in [0.25, 0.3) is 10.0 Å². The molecule has 6 heteroatoms. The molecule has 4 aromatic rings. The fraction of sp³-hybridized carbons (Fsp3) is 0. The molecule has 1 heterocycles. The molecule has 0 amide bonds. The lowest BCUT2D eigenvalue weighted by molar-refractivity contribution is 0.112. The predicted molar refractivity (Wildman–Crippen MR) is 109 cm³/mol. The number of halogens is 1. The fourth-order valence-electron chi connectivity index (χ4n) is 3.06. The molecule has 27 heavy (non-hydrogen) atoms. The monoisotopic (exact) mass is 439 g/mol. The van der Waals surface area contributed by atoms with Gasteiger partial charge in [0.2, 0.25) is 0 Å². The minimum absolute atomic E-state index is 0.216. The van der Waals surface area contributed by atoms with Gasteiger partial charge in [-0.25, -0.2) is 12.4 Å². The largest absolute Gasteiger partial charge is 0.298 e. The minimum atomic E-state index is -3.81. The van der Waals surface area contributed by atoms with E-state index in [4.69, 9.17) is 0 Å². The predicted octanol–water partition coefficient (Wildman–Crippen LogP) is 5.12. The van der Waals surface area contributed by atoms with Crippen molar-refractivity contribution in [2.75, 3.05) is 0 Å². The first-order valence-electron chi connectivity index (χ1n) is 8.18. The number of hydrogen-bond donors (Lipinski definition) is 0. The van der Waals surface area contributed by atoms with Gasteiger partial charge >= 0.3 is 0 Å². The molecule has 3 aromatic carbocycles. The van der Waals surface area contributed by atoms with E-state index in [-0.39, 0.29) is 4.90 Å². The maximum atomic E-state index is 13.4. The number of aldehydes is 1. The van der Waals surface area contributed by atoms with Crippen LogP contribution in [-0.4, -0.2) is 18.7 Å². The number of carbonyl (C=O) groups is 1. The molecule has 0 aliphatic rings. The van der Waals surface area contributed by atoms with E-state index in [1.54, 1.807) is 60.7 Å². The van der Waals surface area contributed by atoms with Crippen LogP contribution in [-0.2, 0) is 10.0 Å². The zero-order valence-corrected chi connectivity index (χ0v) is 16.4. The van der Waals surface area contributed by atoms with Gasteiger partial charge < -0.3 is 0 Å². The number of rotatable bonds is 4. The summed E-state index contributed by atoms with van der Waals surface area (Å²) in [5, 5.41) is 0.798. The van der Waals surface area contributed by atoms with Crippen LogP contribution >= 0.6 is 15.9 Å². The summed E-state index contributed by atoms with van der Waals surface area (Å²) in [5.74, 6) is 0. The van der Waals surface area contributed by atoms with E-state index in [1.165, 1.54) is 3.97 Å². The van der Waals surface area contributed by atoms with Gasteiger partial charge in [-0.15, -0.1) is 0 Å². The lowest BCUT2D eigenvalue weighted by atomic mass is 10.1. The van der Waals surface area contributed by atoms with Crippen LogP contribution in [0.15, 0.2) is 88.2 Å². The second-order valence-corrected chi connectivity index (χ2v) is 8.67. The molecule has 0 bridgehead atoms. The van der Waals surface area contributed by atoms with Crippen molar-refractivity contribution in [3.63, 3.8) is 0 Å². The number of aromatic nitrogens is 1. The summed E-state index contributed by atoms with van der Waals surface area (Å²) in [7, 11) is -3.81. The average molecular weight is 440 g/mol. The van der Waals surface area contributed by atoms with Gasteiger partial charge in [0.15, 0.2) is 0 Å². The number of nitrogens with zero attached hydrogens (tertiary/aromatic N) is 1. The minimum Gasteiger partial charge on any atom is -0.298 e. The van der Waals surface area contributed by atoms with Crippen molar-refractivity contribution >= 4 is 43.1 Å². The summed E-state index contributed by atoms with van der Waals surface area (Å²) < 4.78 is 29.0. The Bertz CT molecular complexity index is 1240. The van der Waals surface area contributed by atoms with Crippen molar-refractivity contribution < 1.29 is 13.2 Å². The molecule has 0 saturated carbocycles. The Morgan fingerprint density at radius 1 is 0.852 bits per heavy atom. The first-order valence-corrected chi connectivity index (χ1v) is 10.4. The molecule has 0 N–H and O–H groups in total. The Kier molecular flexibility index (Phi) is 4.45. The Balaban J connectivity index is 2.06. The van der Waals surface area contributed by atoms with E-state index < -0.39 is 10.0 Å². The number of carbonyl (C=O) groups excluding carboxylic acids is 1. The van der Waals surface area contributed by atoms with Crippen LogP contribution in [0.4, 0.5) is 0 Å². The molecule has 134 valence electrons. The molecule has 0 spiro atoms. The molecular formula is C21H14BrNO3S. The molecule has 0 fully saturated rings. The van der Waals surface area contributed by atoms with Crippen molar-refractivity contribution in [1.29, 1.82) is 0 Å². The van der Waals surface area contributed by atoms with Gasteiger partial charge in [-0.1, -0.05) is 64.5 Å². The summed E-state index contributed by atoms with van der Waals surface area (Å²) in [6.45, 7) is 0. The van der Waals surface area contributed by atoms with E-state index in [2.05, 4.69) is 15.9 Å². The van der Waals surface area contributed by atoms with Crippen LogP contribution in [0.2, 0.25) is 0 Å². The third-order valence-electron chi connectivity index (χ3n) is 4.37. The van der Waals surface area contributed by atoms with Crippen molar-refractivity contribution in [3.05, 3.63) is 88.9 Å². The summed E-state index contributed by atoms with van der Waals surface area (Å²) in [6.07, 6.45) is 0.761. The van der Waals surface area contributed by atoms with Crippen LogP contribution in [0, 0.1) is 0 Å². The van der Waals surface area contributed by atoms with E-state index in [9.17, 15) is 13.2 Å². The average Bonchev–Trinajstić information content (AvgIpc) is 3.10. The van der Waals surface area contributed by atoms with Crippen molar-refractivity contribution in [1.82, 2.24) is 3.97 Å². The van der Waals surface area contributed by atoms with Gasteiger partial charge in [0.1, 0.15) is 6.29 Å². The summed E-state index contributed by atoms with van der Waals surface area (Å²) in [4.78, 5) is 11.2. The summed E-state index contributed by atoms with van der Waals surface area (Å²) >= 11 is 3.51. The zero-order chi connectivity index (χ0) is 19.0.